The summed E-state index contributed by atoms with van der Waals surface area (Å²) < 4.78 is 11.1. The molecule has 5 N–H and O–H groups in total. The molecule has 7 heteroatoms. The zero-order valence-electron chi connectivity index (χ0n) is 13.6. The number of hydrogen-bond acceptors (Lipinski definition) is 7. The smallest absolute Gasteiger partial charge is 0.187 e. The Morgan fingerprint density at radius 3 is 2.39 bits per heavy atom. The molecule has 0 unspecified atom stereocenters. The van der Waals surface area contributed by atoms with Crippen LogP contribution >= 0.6 is 0 Å². The molecular formula is C16H28O7. The molecule has 0 amide bonds. The quantitative estimate of drug-likeness (QED) is 0.379. The van der Waals surface area contributed by atoms with E-state index in [2.05, 4.69) is 6.58 Å². The van der Waals surface area contributed by atoms with Gasteiger partial charge in [0.25, 0.3) is 0 Å². The maximum atomic E-state index is 10.0. The summed E-state index contributed by atoms with van der Waals surface area (Å²) in [5.74, 6) is 0. The standard InChI is InChI=1S/C16H28O7/c1-4-16(3,7-5-6-10(2)8-17)23-15-14(21)13(20)12(19)11(9-18)22-15/h4,6,11-15,17-21H,1,5,7-9H2,2-3H3/b10-6+/t11-,12-,13+,14-,15+,16+/m1/s1. The van der Waals surface area contributed by atoms with Gasteiger partial charge in [0.2, 0.25) is 0 Å². The molecule has 1 fully saturated rings. The largest absolute Gasteiger partial charge is 0.394 e. The minimum Gasteiger partial charge on any atom is -0.394 e. The van der Waals surface area contributed by atoms with E-state index in [0.717, 1.165) is 5.57 Å². The Morgan fingerprint density at radius 2 is 1.87 bits per heavy atom. The van der Waals surface area contributed by atoms with Crippen molar-refractivity contribution in [2.75, 3.05) is 13.2 Å². The maximum absolute atomic E-state index is 10.0. The fourth-order valence-corrected chi connectivity index (χ4v) is 2.31. The lowest BCUT2D eigenvalue weighted by Gasteiger charge is -2.42. The van der Waals surface area contributed by atoms with Gasteiger partial charge >= 0.3 is 0 Å². The molecule has 1 aliphatic rings. The van der Waals surface area contributed by atoms with Gasteiger partial charge in [0.1, 0.15) is 24.4 Å². The minimum absolute atomic E-state index is 0.0155. The molecule has 0 bridgehead atoms. The average molecular weight is 332 g/mol. The molecule has 1 rings (SSSR count). The molecule has 7 nitrogen and oxygen atoms in total. The van der Waals surface area contributed by atoms with Gasteiger partial charge in [-0.2, -0.15) is 0 Å². The van der Waals surface area contributed by atoms with Crippen LogP contribution in [-0.4, -0.2) is 75.1 Å². The van der Waals surface area contributed by atoms with Crippen molar-refractivity contribution in [3.63, 3.8) is 0 Å². The van der Waals surface area contributed by atoms with Gasteiger partial charge in [-0.1, -0.05) is 17.7 Å². The minimum atomic E-state index is -1.48. The predicted octanol–water partition coefficient (Wildman–Crippen LogP) is -0.534. The average Bonchev–Trinajstić information content (AvgIpc) is 2.55. The topological polar surface area (TPSA) is 120 Å². The Kier molecular flexibility index (Phi) is 7.82. The van der Waals surface area contributed by atoms with Crippen molar-refractivity contribution in [2.45, 2.75) is 63.0 Å². The lowest BCUT2D eigenvalue weighted by Crippen LogP contribution is -2.60. The lowest BCUT2D eigenvalue weighted by atomic mass is 9.96. The van der Waals surface area contributed by atoms with Crippen LogP contribution in [0, 0.1) is 0 Å². The summed E-state index contributed by atoms with van der Waals surface area (Å²) in [6.45, 7) is 6.76. The molecule has 1 saturated heterocycles. The van der Waals surface area contributed by atoms with E-state index in [4.69, 9.17) is 14.6 Å². The first-order chi connectivity index (χ1) is 10.8. The highest BCUT2D eigenvalue weighted by atomic mass is 16.7. The third kappa shape index (κ3) is 5.36. The van der Waals surface area contributed by atoms with E-state index in [1.807, 2.05) is 13.0 Å². The zero-order chi connectivity index (χ0) is 17.6. The normalized spacial score (nSPS) is 34.9. The van der Waals surface area contributed by atoms with Gasteiger partial charge < -0.3 is 35.0 Å². The molecule has 0 aromatic carbocycles. The van der Waals surface area contributed by atoms with Gasteiger partial charge in [0.15, 0.2) is 6.29 Å². The highest BCUT2D eigenvalue weighted by Gasteiger charge is 2.45. The molecule has 1 heterocycles. The summed E-state index contributed by atoms with van der Waals surface area (Å²) in [6, 6.07) is 0. The maximum Gasteiger partial charge on any atom is 0.187 e. The molecular weight excluding hydrogens is 304 g/mol. The number of aliphatic hydroxyl groups is 5. The van der Waals surface area contributed by atoms with Crippen LogP contribution in [0.1, 0.15) is 26.7 Å². The molecule has 0 aromatic rings. The Labute approximate surface area is 136 Å². The Bertz CT molecular complexity index is 409. The second-order valence-electron chi connectivity index (χ2n) is 6.08. The SMILES string of the molecule is C=C[C@@](C)(CC/C=C(\C)CO)O[C@@H]1O[C@H](CO)[C@@H](O)[C@H](O)[C@H]1O. The van der Waals surface area contributed by atoms with Crippen LogP contribution in [0.3, 0.4) is 0 Å². The van der Waals surface area contributed by atoms with E-state index < -0.39 is 42.9 Å². The molecule has 1 aliphatic heterocycles. The third-order valence-corrected chi connectivity index (χ3v) is 4.05. The summed E-state index contributed by atoms with van der Waals surface area (Å²) in [7, 11) is 0. The number of ether oxygens (including phenoxy) is 2. The molecule has 23 heavy (non-hydrogen) atoms. The Hall–Kier alpha value is -0.800. The van der Waals surface area contributed by atoms with Gasteiger partial charge in [-0.25, -0.2) is 0 Å². The predicted molar refractivity (Wildman–Crippen MR) is 83.5 cm³/mol. The third-order valence-electron chi connectivity index (χ3n) is 4.05. The van der Waals surface area contributed by atoms with Crippen molar-refractivity contribution in [2.24, 2.45) is 0 Å². The van der Waals surface area contributed by atoms with E-state index in [-0.39, 0.29) is 6.61 Å². The molecule has 0 spiro atoms. The van der Waals surface area contributed by atoms with E-state index in [0.29, 0.717) is 12.8 Å². The van der Waals surface area contributed by atoms with Crippen molar-refractivity contribution >= 4 is 0 Å². The van der Waals surface area contributed by atoms with E-state index in [1.54, 1.807) is 13.0 Å². The van der Waals surface area contributed by atoms with Crippen molar-refractivity contribution in [3.8, 4) is 0 Å². The number of allylic oxidation sites excluding steroid dienone is 1. The fourth-order valence-electron chi connectivity index (χ4n) is 2.31. The van der Waals surface area contributed by atoms with Gasteiger partial charge in [0.05, 0.1) is 18.8 Å². The van der Waals surface area contributed by atoms with Crippen LogP contribution in [0.4, 0.5) is 0 Å². The molecule has 0 aromatic heterocycles. The molecule has 0 aliphatic carbocycles. The summed E-state index contributed by atoms with van der Waals surface area (Å²) in [5.41, 5.74) is -0.0101. The first-order valence-electron chi connectivity index (χ1n) is 7.66. The molecule has 0 radical (unpaired) electrons. The summed E-state index contributed by atoms with van der Waals surface area (Å²) in [4.78, 5) is 0. The van der Waals surface area contributed by atoms with Crippen molar-refractivity contribution in [3.05, 3.63) is 24.3 Å². The van der Waals surface area contributed by atoms with Gasteiger partial charge in [-0.05, 0) is 26.7 Å². The van der Waals surface area contributed by atoms with E-state index in [1.165, 1.54) is 0 Å². The van der Waals surface area contributed by atoms with E-state index >= 15 is 0 Å². The summed E-state index contributed by atoms with van der Waals surface area (Å²) >= 11 is 0. The molecule has 134 valence electrons. The number of hydrogen-bond donors (Lipinski definition) is 5. The van der Waals surface area contributed by atoms with Crippen LogP contribution in [0.15, 0.2) is 24.3 Å². The monoisotopic (exact) mass is 332 g/mol. The first-order valence-corrected chi connectivity index (χ1v) is 7.66. The molecule has 6 atom stereocenters. The zero-order valence-corrected chi connectivity index (χ0v) is 13.6. The Balaban J connectivity index is 2.74. The highest BCUT2D eigenvalue weighted by molar-refractivity contribution is 5.02. The van der Waals surface area contributed by atoms with Crippen molar-refractivity contribution < 1.29 is 35.0 Å². The van der Waals surface area contributed by atoms with Crippen LogP contribution in [-0.2, 0) is 9.47 Å². The summed E-state index contributed by atoms with van der Waals surface area (Å²) in [6.07, 6.45) is -1.97. The van der Waals surface area contributed by atoms with Crippen molar-refractivity contribution in [1.29, 1.82) is 0 Å². The van der Waals surface area contributed by atoms with Crippen LogP contribution in [0.25, 0.3) is 0 Å². The lowest BCUT2D eigenvalue weighted by molar-refractivity contribution is -0.319. The van der Waals surface area contributed by atoms with Crippen LogP contribution in [0.2, 0.25) is 0 Å². The second-order valence-corrected chi connectivity index (χ2v) is 6.08. The van der Waals surface area contributed by atoms with Gasteiger partial charge in [-0.15, -0.1) is 6.58 Å². The van der Waals surface area contributed by atoms with Gasteiger partial charge in [-0.3, -0.25) is 0 Å². The second kappa shape index (κ2) is 8.89. The fraction of sp³-hybridized carbons (Fsp3) is 0.750. The first kappa shape index (κ1) is 20.2. The van der Waals surface area contributed by atoms with Crippen LogP contribution in [0.5, 0.6) is 0 Å². The number of rotatable bonds is 8. The van der Waals surface area contributed by atoms with Gasteiger partial charge in [0, 0.05) is 0 Å². The highest BCUT2D eigenvalue weighted by Crippen LogP contribution is 2.29. The summed E-state index contributed by atoms with van der Waals surface area (Å²) in [5, 5.41) is 47.7. The van der Waals surface area contributed by atoms with E-state index in [9.17, 15) is 20.4 Å². The Morgan fingerprint density at radius 1 is 1.22 bits per heavy atom. The molecule has 0 saturated carbocycles. The number of aliphatic hydroxyl groups excluding tert-OH is 5. The van der Waals surface area contributed by atoms with Crippen molar-refractivity contribution in [1.82, 2.24) is 0 Å². The van der Waals surface area contributed by atoms with Crippen LogP contribution < -0.4 is 0 Å².